The Kier molecular flexibility index (Phi) is 1.76. The van der Waals surface area contributed by atoms with Crippen LogP contribution in [0, 0.1) is 0 Å². The Labute approximate surface area is 51.0 Å². The van der Waals surface area contributed by atoms with Gasteiger partial charge in [-0.1, -0.05) is 4.52 Å². The van der Waals surface area contributed by atoms with Crippen LogP contribution in [0.2, 0.25) is 0 Å². The van der Waals surface area contributed by atoms with Gasteiger partial charge in [0.05, 0.1) is 0 Å². The third-order valence-electron chi connectivity index (χ3n) is 0.573. The van der Waals surface area contributed by atoms with E-state index in [0.717, 1.165) is 0 Å². The molecule has 0 aliphatic carbocycles. The molecule has 43 valence electrons. The molecule has 0 fully saturated rings. The van der Waals surface area contributed by atoms with Gasteiger partial charge in [-0.05, 0) is 11.9 Å². The lowest BCUT2D eigenvalue weighted by Gasteiger charge is -2.08. The van der Waals surface area contributed by atoms with Crippen LogP contribution in [0.1, 0.15) is 0 Å². The molecular formula is C3H4N3OS. The molecule has 5 heteroatoms. The van der Waals surface area contributed by atoms with Crippen LogP contribution in [0.15, 0.2) is 11.6 Å². The number of hydrazine groups is 2. The summed E-state index contributed by atoms with van der Waals surface area (Å²) in [6, 6.07) is 0. The molecule has 0 saturated carbocycles. The molecule has 4 nitrogen and oxygen atoms in total. The number of carbonyl (C=O) groups excluding carboxylic acids is 1. The van der Waals surface area contributed by atoms with E-state index >= 15 is 0 Å². The Morgan fingerprint density at radius 2 is 2.75 bits per heavy atom. The van der Waals surface area contributed by atoms with Crippen molar-refractivity contribution in [2.45, 2.75) is 0 Å². The van der Waals surface area contributed by atoms with E-state index in [-0.39, 0.29) is 0 Å². The SMILES string of the molecule is O=[C]NN1NC=CS1. The second-order valence-electron chi connectivity index (χ2n) is 1.05. The van der Waals surface area contributed by atoms with Crippen LogP contribution in [-0.2, 0) is 4.79 Å². The van der Waals surface area contributed by atoms with E-state index in [1.165, 1.54) is 22.9 Å². The summed E-state index contributed by atoms with van der Waals surface area (Å²) in [4.78, 5) is 9.60. The molecule has 1 amide bonds. The number of rotatable bonds is 2. The number of nitrogens with zero attached hydrogens (tertiary/aromatic N) is 1. The number of amides is 1. The zero-order valence-corrected chi connectivity index (χ0v) is 4.73. The average Bonchev–Trinajstić information content (AvgIpc) is 2.19. The van der Waals surface area contributed by atoms with Gasteiger partial charge >= 0.3 is 6.41 Å². The van der Waals surface area contributed by atoms with Crippen molar-refractivity contribution in [3.63, 3.8) is 0 Å². The van der Waals surface area contributed by atoms with Gasteiger partial charge in [0.15, 0.2) is 0 Å². The highest BCUT2D eigenvalue weighted by molar-refractivity contribution is 8.00. The molecule has 8 heavy (non-hydrogen) atoms. The molecule has 0 aromatic carbocycles. The fourth-order valence-electron chi connectivity index (χ4n) is 0.320. The van der Waals surface area contributed by atoms with Gasteiger partial charge in [0, 0.05) is 11.6 Å². The minimum absolute atomic E-state index is 1.34. The summed E-state index contributed by atoms with van der Waals surface area (Å²) in [6.45, 7) is 0. The second kappa shape index (κ2) is 2.58. The first-order valence-corrected chi connectivity index (χ1v) is 2.78. The summed E-state index contributed by atoms with van der Waals surface area (Å²) in [5.41, 5.74) is 4.96. The van der Waals surface area contributed by atoms with Crippen molar-refractivity contribution in [1.82, 2.24) is 15.4 Å². The minimum atomic E-state index is 1.34. The van der Waals surface area contributed by atoms with Crippen LogP contribution >= 0.6 is 11.9 Å². The van der Waals surface area contributed by atoms with Gasteiger partial charge in [-0.2, -0.15) is 0 Å². The molecule has 0 aromatic heterocycles. The highest BCUT2D eigenvalue weighted by Crippen LogP contribution is 2.08. The summed E-state index contributed by atoms with van der Waals surface area (Å²) in [6.07, 6.45) is 3.22. The molecule has 1 aliphatic heterocycles. The summed E-state index contributed by atoms with van der Waals surface area (Å²) >= 11 is 1.34. The molecule has 0 aromatic rings. The lowest BCUT2D eigenvalue weighted by Crippen LogP contribution is -2.36. The van der Waals surface area contributed by atoms with Crippen molar-refractivity contribution >= 4 is 18.4 Å². The predicted molar refractivity (Wildman–Crippen MR) is 30.5 cm³/mol. The molecule has 1 heterocycles. The maximum Gasteiger partial charge on any atom is 0.327 e. The van der Waals surface area contributed by atoms with E-state index in [9.17, 15) is 4.79 Å². The molecule has 1 radical (unpaired) electrons. The first-order chi connectivity index (χ1) is 3.93. The van der Waals surface area contributed by atoms with Gasteiger partial charge < -0.3 is 0 Å². The maximum atomic E-state index is 9.60. The Hall–Kier alpha value is -0.680. The minimum Gasteiger partial charge on any atom is -0.298 e. The van der Waals surface area contributed by atoms with E-state index in [4.69, 9.17) is 0 Å². The maximum absolute atomic E-state index is 9.60. The summed E-state index contributed by atoms with van der Waals surface area (Å²) in [5, 5.41) is 1.80. The molecule has 1 aliphatic rings. The number of hydrogen-bond acceptors (Lipinski definition) is 4. The molecule has 2 N–H and O–H groups in total. The highest BCUT2D eigenvalue weighted by Gasteiger charge is 2.02. The Balaban J connectivity index is 2.19. The van der Waals surface area contributed by atoms with Gasteiger partial charge in [0.1, 0.15) is 0 Å². The number of hydrogen-bond donors (Lipinski definition) is 2. The molecule has 0 unspecified atom stereocenters. The smallest absolute Gasteiger partial charge is 0.298 e. The molecule has 1 rings (SSSR count). The summed E-state index contributed by atoms with van der Waals surface area (Å²) < 4.78 is 1.42. The normalized spacial score (nSPS) is 18.0. The first-order valence-electron chi connectivity index (χ1n) is 1.94. The highest BCUT2D eigenvalue weighted by atomic mass is 32.2. The van der Waals surface area contributed by atoms with E-state index in [0.29, 0.717) is 0 Å². The van der Waals surface area contributed by atoms with Crippen LogP contribution < -0.4 is 10.9 Å². The van der Waals surface area contributed by atoms with E-state index < -0.39 is 0 Å². The van der Waals surface area contributed by atoms with Gasteiger partial charge in [0.25, 0.3) is 0 Å². The summed E-state index contributed by atoms with van der Waals surface area (Å²) in [7, 11) is 0. The quantitative estimate of drug-likeness (QED) is 0.390. The lowest BCUT2D eigenvalue weighted by molar-refractivity contribution is 0.362. The van der Waals surface area contributed by atoms with E-state index in [1.54, 1.807) is 11.6 Å². The van der Waals surface area contributed by atoms with Crippen LogP contribution in [0.3, 0.4) is 0 Å². The largest absolute Gasteiger partial charge is 0.327 e. The third kappa shape index (κ3) is 1.14. The Morgan fingerprint density at radius 1 is 1.88 bits per heavy atom. The molecule has 0 spiro atoms. The van der Waals surface area contributed by atoms with E-state index in [1.807, 2.05) is 0 Å². The van der Waals surface area contributed by atoms with Crippen LogP contribution in [0.25, 0.3) is 0 Å². The van der Waals surface area contributed by atoms with Gasteiger partial charge in [-0.3, -0.25) is 15.6 Å². The molecular weight excluding hydrogens is 126 g/mol. The molecule has 0 atom stereocenters. The fourth-order valence-corrected chi connectivity index (χ4v) is 0.775. The van der Waals surface area contributed by atoms with Crippen molar-refractivity contribution in [3.8, 4) is 0 Å². The van der Waals surface area contributed by atoms with Crippen LogP contribution in [0.5, 0.6) is 0 Å². The Bertz CT molecular complexity index is 107. The average molecular weight is 130 g/mol. The van der Waals surface area contributed by atoms with Crippen LogP contribution in [0.4, 0.5) is 0 Å². The van der Waals surface area contributed by atoms with Crippen LogP contribution in [-0.4, -0.2) is 10.9 Å². The second-order valence-corrected chi connectivity index (χ2v) is 1.89. The predicted octanol–water partition coefficient (Wildman–Crippen LogP) is -0.502. The van der Waals surface area contributed by atoms with Crippen molar-refractivity contribution in [3.05, 3.63) is 11.6 Å². The molecule has 0 saturated heterocycles. The Morgan fingerprint density at radius 3 is 3.25 bits per heavy atom. The zero-order chi connectivity index (χ0) is 5.82. The van der Waals surface area contributed by atoms with Gasteiger partial charge in [0.2, 0.25) is 0 Å². The first kappa shape index (κ1) is 5.46. The van der Waals surface area contributed by atoms with Crippen molar-refractivity contribution < 1.29 is 4.79 Å². The molecule has 0 bridgehead atoms. The third-order valence-corrected chi connectivity index (χ3v) is 1.24. The zero-order valence-electron chi connectivity index (χ0n) is 3.92. The number of nitrogens with one attached hydrogen (secondary N) is 2. The van der Waals surface area contributed by atoms with Crippen molar-refractivity contribution in [2.24, 2.45) is 0 Å². The van der Waals surface area contributed by atoms with Gasteiger partial charge in [-0.25, -0.2) is 0 Å². The lowest BCUT2D eigenvalue weighted by atomic mass is 11.1. The topological polar surface area (TPSA) is 44.4 Å². The van der Waals surface area contributed by atoms with Gasteiger partial charge in [-0.15, -0.1) is 0 Å². The standard InChI is InChI=1S/C3H4N3OS/c7-3-5-6-4-1-2-8-6/h1-2,4H,(H,5,7). The fraction of sp³-hybridized carbons (Fsp3) is 0. The monoisotopic (exact) mass is 130 g/mol. The van der Waals surface area contributed by atoms with Crippen molar-refractivity contribution in [2.75, 3.05) is 0 Å². The van der Waals surface area contributed by atoms with E-state index in [2.05, 4.69) is 10.9 Å². The summed E-state index contributed by atoms with van der Waals surface area (Å²) in [5.74, 6) is 0. The van der Waals surface area contributed by atoms with Crippen molar-refractivity contribution in [1.29, 1.82) is 0 Å².